The minimum atomic E-state index is -0.142. The Balaban J connectivity index is 1.31. The van der Waals surface area contributed by atoms with Gasteiger partial charge in [-0.3, -0.25) is 18.7 Å². The molecule has 0 atom stereocenters. The highest BCUT2D eigenvalue weighted by Crippen LogP contribution is 2.39. The molecule has 0 aliphatic rings. The number of ether oxygens (including phenoxy) is 1. The van der Waals surface area contributed by atoms with Crippen LogP contribution in [-0.4, -0.2) is 19.1 Å². The Morgan fingerprint density at radius 3 is 1.78 bits per heavy atom. The van der Waals surface area contributed by atoms with Gasteiger partial charge in [-0.05, 0) is 131 Å². The molecule has 6 nitrogen and oxygen atoms in total. The van der Waals surface area contributed by atoms with Crippen LogP contribution in [-0.2, 0) is 21.7 Å². The Labute approximate surface area is 350 Å². The lowest BCUT2D eigenvalue weighted by Crippen LogP contribution is -2.30. The number of aromatic nitrogens is 5. The molecule has 8 aromatic rings. The number of rotatable bonds is 5. The second-order valence-electron chi connectivity index (χ2n) is 20.5. The molecule has 0 fully saturated rings. The monoisotopic (exact) mass is 781 g/mol. The Hall–Kier alpha value is -5.75. The van der Waals surface area contributed by atoms with E-state index < -0.39 is 0 Å². The zero-order valence-electron chi connectivity index (χ0n) is 37.5. The summed E-state index contributed by atoms with van der Waals surface area (Å²) >= 11 is 0. The molecule has 6 heteroatoms. The van der Waals surface area contributed by atoms with E-state index in [9.17, 15) is 0 Å². The van der Waals surface area contributed by atoms with Gasteiger partial charge in [0.2, 0.25) is 0 Å². The van der Waals surface area contributed by atoms with Gasteiger partial charge in [0.05, 0.1) is 33.4 Å². The molecule has 0 amide bonds. The molecule has 0 aliphatic heterocycles. The Morgan fingerprint density at radius 1 is 0.525 bits per heavy atom. The second kappa shape index (κ2) is 13.9. The van der Waals surface area contributed by atoms with Crippen LogP contribution in [0.3, 0.4) is 0 Å². The Kier molecular flexibility index (Phi) is 9.46. The van der Waals surface area contributed by atoms with E-state index in [1.807, 2.05) is 20.0 Å². The fourth-order valence-electron chi connectivity index (χ4n) is 8.03. The van der Waals surface area contributed by atoms with Gasteiger partial charge in [-0.15, -0.1) is 0 Å². The molecular weight excluding hydrogens is 723 g/mol. The molecule has 0 N–H and O–H groups in total. The lowest BCUT2D eigenvalue weighted by Gasteiger charge is -2.22. The lowest BCUT2D eigenvalue weighted by atomic mass is 9.86. The largest absolute Gasteiger partial charge is 0.458 e. The van der Waals surface area contributed by atoms with Gasteiger partial charge in [-0.2, -0.15) is 0 Å². The van der Waals surface area contributed by atoms with E-state index in [2.05, 4.69) is 205 Å². The van der Waals surface area contributed by atoms with Crippen molar-refractivity contribution in [3.05, 3.63) is 143 Å². The lowest BCUT2D eigenvalue weighted by molar-refractivity contribution is -0.572. The molecule has 0 bridgehead atoms. The predicted molar refractivity (Wildman–Crippen MR) is 244 cm³/mol. The highest BCUT2D eigenvalue weighted by molar-refractivity contribution is 6.09. The molecule has 8 rings (SSSR count). The summed E-state index contributed by atoms with van der Waals surface area (Å²) in [4.78, 5) is 9.63. The summed E-state index contributed by atoms with van der Waals surface area (Å²) in [6, 6.07) is 35.3. The predicted octanol–water partition coefficient (Wildman–Crippen LogP) is 13.2. The van der Waals surface area contributed by atoms with E-state index in [-0.39, 0.29) is 21.7 Å². The summed E-state index contributed by atoms with van der Waals surface area (Å²) in [5.74, 6) is 2.42. The number of imidazole rings is 1. The molecular formula is C53H59N5O. The highest BCUT2D eigenvalue weighted by atomic mass is 16.5. The van der Waals surface area contributed by atoms with Crippen molar-refractivity contribution >= 4 is 32.8 Å². The number of aryl methyl sites for hydroxylation is 2. The number of hydrogen-bond donors (Lipinski definition) is 0. The standard InChI is InChI=1S/C53H59N5O/c1-33-23-39(24-34(2)55-33)57-32-56(46-20-16-36(28-48(46)57)51(6,7)8)40-25-38(53(12,13)14)26-42(30-40)59-41-17-18-43-44-27-35(50(3,4)5)15-19-45(44)58(47(43)31-41)49-29-37(21-22-54-49)52(9,10)11/h15-31H,1-14H3. The van der Waals surface area contributed by atoms with Crippen molar-refractivity contribution in [2.24, 2.45) is 0 Å². The summed E-state index contributed by atoms with van der Waals surface area (Å²) < 4.78 is 13.6. The number of pyridine rings is 2. The topological polar surface area (TPSA) is 48.8 Å². The highest BCUT2D eigenvalue weighted by Gasteiger charge is 2.24. The summed E-state index contributed by atoms with van der Waals surface area (Å²) in [6.45, 7) is 31.2. The van der Waals surface area contributed by atoms with Crippen molar-refractivity contribution in [1.82, 2.24) is 19.1 Å². The van der Waals surface area contributed by atoms with Crippen LogP contribution in [0.2, 0.25) is 0 Å². The van der Waals surface area contributed by atoms with Crippen LogP contribution in [0.1, 0.15) is 117 Å². The third-order valence-electron chi connectivity index (χ3n) is 11.5. The van der Waals surface area contributed by atoms with E-state index in [0.29, 0.717) is 0 Å². The van der Waals surface area contributed by atoms with Crippen molar-refractivity contribution in [3.8, 4) is 28.7 Å². The first kappa shape index (κ1) is 40.0. The van der Waals surface area contributed by atoms with Gasteiger partial charge < -0.3 is 4.74 Å². The van der Waals surface area contributed by atoms with Crippen molar-refractivity contribution in [2.75, 3.05) is 0 Å². The normalized spacial score (nSPS) is 12.9. The smallest absolute Gasteiger partial charge is 0.269 e. The molecule has 0 saturated carbocycles. The Morgan fingerprint density at radius 2 is 1.14 bits per heavy atom. The summed E-state index contributed by atoms with van der Waals surface area (Å²) in [6.07, 6.45) is 5.69. The van der Waals surface area contributed by atoms with Crippen LogP contribution < -0.4 is 9.30 Å². The Bertz CT molecular complexity index is 2890. The van der Waals surface area contributed by atoms with E-state index in [4.69, 9.17) is 9.72 Å². The summed E-state index contributed by atoms with van der Waals surface area (Å²) in [5.41, 5.74) is 13.1. The first-order valence-corrected chi connectivity index (χ1v) is 20.9. The molecule has 4 heterocycles. The van der Waals surface area contributed by atoms with Crippen LogP contribution in [0.5, 0.6) is 11.5 Å². The van der Waals surface area contributed by atoms with Gasteiger partial charge in [0.15, 0.2) is 0 Å². The maximum atomic E-state index is 6.95. The van der Waals surface area contributed by atoms with Crippen molar-refractivity contribution in [2.45, 2.75) is 119 Å². The molecule has 0 unspecified atom stereocenters. The van der Waals surface area contributed by atoms with E-state index in [1.54, 1.807) is 0 Å². The molecule has 59 heavy (non-hydrogen) atoms. The van der Waals surface area contributed by atoms with Gasteiger partial charge in [-0.1, -0.05) is 101 Å². The first-order chi connectivity index (χ1) is 27.5. The zero-order chi connectivity index (χ0) is 42.4. The van der Waals surface area contributed by atoms with Crippen LogP contribution in [0.4, 0.5) is 0 Å². The average molecular weight is 782 g/mol. The first-order valence-electron chi connectivity index (χ1n) is 20.9. The number of nitrogens with zero attached hydrogens (tertiary/aromatic N) is 5. The fraction of sp³-hybridized carbons (Fsp3) is 0.340. The average Bonchev–Trinajstić information content (AvgIpc) is 3.68. The SMILES string of the molecule is Cc1cc(-[n+]2[c-]n(-c3cc(Oc4ccc5c6cc(C(C)(C)C)ccc6n(-c6cc(C(C)(C)C)ccn6)c5c4)cc(C(C)(C)C)c3)c3ccc(C(C)(C)C)cc32)cc(C)n1. The maximum Gasteiger partial charge on any atom is 0.269 e. The summed E-state index contributed by atoms with van der Waals surface area (Å²) in [5, 5.41) is 2.37. The third-order valence-corrected chi connectivity index (χ3v) is 11.5. The van der Waals surface area contributed by atoms with E-state index in [0.717, 1.165) is 62.1 Å². The second-order valence-corrected chi connectivity index (χ2v) is 20.5. The van der Waals surface area contributed by atoms with Crippen molar-refractivity contribution in [1.29, 1.82) is 0 Å². The molecule has 0 spiro atoms. The molecule has 0 aliphatic carbocycles. The van der Waals surface area contributed by atoms with E-state index in [1.165, 1.54) is 33.0 Å². The quantitative estimate of drug-likeness (QED) is 0.129. The van der Waals surface area contributed by atoms with Gasteiger partial charge in [0.25, 0.3) is 6.33 Å². The van der Waals surface area contributed by atoms with Crippen molar-refractivity contribution < 1.29 is 9.30 Å². The summed E-state index contributed by atoms with van der Waals surface area (Å²) in [7, 11) is 0. The number of fused-ring (bicyclic) bond motifs is 4. The minimum absolute atomic E-state index is 0.0126. The van der Waals surface area contributed by atoms with Crippen LogP contribution >= 0.6 is 0 Å². The van der Waals surface area contributed by atoms with Gasteiger partial charge >= 0.3 is 0 Å². The van der Waals surface area contributed by atoms with E-state index >= 15 is 0 Å². The number of hydrogen-bond acceptors (Lipinski definition) is 3. The fourth-order valence-corrected chi connectivity index (χ4v) is 8.03. The van der Waals surface area contributed by atoms with Gasteiger partial charge in [0.1, 0.15) is 17.3 Å². The van der Waals surface area contributed by atoms with Crippen LogP contribution in [0, 0.1) is 20.2 Å². The van der Waals surface area contributed by atoms with Gasteiger partial charge in [-0.25, -0.2) is 4.98 Å². The van der Waals surface area contributed by atoms with Crippen LogP contribution in [0.25, 0.3) is 50.0 Å². The molecule has 0 saturated heterocycles. The minimum Gasteiger partial charge on any atom is -0.458 e. The molecule has 302 valence electrons. The molecule has 4 aromatic carbocycles. The van der Waals surface area contributed by atoms with Crippen LogP contribution in [0.15, 0.2) is 103 Å². The molecule has 4 aromatic heterocycles. The number of benzene rings is 4. The third kappa shape index (κ3) is 7.66. The maximum absolute atomic E-state index is 6.95. The molecule has 0 radical (unpaired) electrons. The zero-order valence-corrected chi connectivity index (χ0v) is 37.5. The van der Waals surface area contributed by atoms with Crippen molar-refractivity contribution in [3.63, 3.8) is 0 Å². The van der Waals surface area contributed by atoms with Gasteiger partial charge in [0, 0.05) is 34.4 Å².